The Hall–Kier alpha value is -2.80. The van der Waals surface area contributed by atoms with E-state index in [1.165, 1.54) is 0 Å². The molecule has 1 heterocycles. The van der Waals surface area contributed by atoms with Crippen LogP contribution in [0.2, 0.25) is 0 Å². The third-order valence-corrected chi connectivity index (χ3v) is 4.51. The van der Waals surface area contributed by atoms with Crippen LogP contribution in [-0.2, 0) is 0 Å². The second-order valence-corrected chi connectivity index (χ2v) is 6.00. The second-order valence-electron chi connectivity index (χ2n) is 6.00. The molecule has 2 aromatic rings. The van der Waals surface area contributed by atoms with Gasteiger partial charge < -0.3 is 33.5 Å². The Morgan fingerprint density at radius 3 is 2.11 bits per heavy atom. The van der Waals surface area contributed by atoms with Crippen molar-refractivity contribution < 1.29 is 33.5 Å². The Bertz CT molecular complexity index is 778. The van der Waals surface area contributed by atoms with Crippen LogP contribution < -0.4 is 28.4 Å². The molecular weight excluding hydrogens is 352 g/mol. The molecule has 1 aliphatic rings. The molecule has 0 amide bonds. The van der Waals surface area contributed by atoms with Crippen molar-refractivity contribution in [1.82, 2.24) is 0 Å². The van der Waals surface area contributed by atoms with E-state index < -0.39 is 0 Å². The number of methoxy groups -OCH3 is 3. The molecule has 3 rings (SSSR count). The Labute approximate surface area is 158 Å². The summed E-state index contributed by atoms with van der Waals surface area (Å²) in [5.74, 6) is 3.56. The van der Waals surface area contributed by atoms with Gasteiger partial charge in [-0.25, -0.2) is 0 Å². The minimum atomic E-state index is -0.0769. The molecule has 0 radical (unpaired) electrons. The summed E-state index contributed by atoms with van der Waals surface area (Å²) in [7, 11) is 4.74. The molecule has 0 aromatic heterocycles. The van der Waals surface area contributed by atoms with Gasteiger partial charge >= 0.3 is 0 Å². The minimum Gasteiger partial charge on any atom is -0.493 e. The summed E-state index contributed by atoms with van der Waals surface area (Å²) >= 11 is 0. The van der Waals surface area contributed by atoms with Gasteiger partial charge in [-0.3, -0.25) is 0 Å². The lowest BCUT2D eigenvalue weighted by molar-refractivity contribution is 0.173. The second kappa shape index (κ2) is 8.26. The highest BCUT2D eigenvalue weighted by atomic mass is 16.7. The number of benzene rings is 2. The summed E-state index contributed by atoms with van der Waals surface area (Å²) in [5.41, 5.74) is 1.86. The number of fused-ring (bicyclic) bond motifs is 1. The molecule has 2 aromatic carbocycles. The quantitative estimate of drug-likeness (QED) is 0.759. The zero-order chi connectivity index (χ0) is 19.4. The fourth-order valence-corrected chi connectivity index (χ4v) is 3.09. The molecule has 0 saturated carbocycles. The molecule has 0 bridgehead atoms. The highest BCUT2D eigenvalue weighted by Crippen LogP contribution is 2.45. The molecule has 27 heavy (non-hydrogen) atoms. The topological polar surface area (TPSA) is 75.6 Å². The zero-order valence-electron chi connectivity index (χ0n) is 15.9. The first-order valence-electron chi connectivity index (χ1n) is 8.60. The average Bonchev–Trinajstić information content (AvgIpc) is 3.17. The van der Waals surface area contributed by atoms with Gasteiger partial charge in [0.2, 0.25) is 12.5 Å². The first kappa shape index (κ1) is 19.0. The Kier molecular flexibility index (Phi) is 5.81. The number of aliphatic hydroxyl groups excluding tert-OH is 1. The van der Waals surface area contributed by atoms with Crippen LogP contribution >= 0.6 is 0 Å². The number of aliphatic hydroxyl groups is 1. The predicted molar refractivity (Wildman–Crippen MR) is 98.8 cm³/mol. The van der Waals surface area contributed by atoms with E-state index in [4.69, 9.17) is 33.5 Å². The Morgan fingerprint density at radius 2 is 1.56 bits per heavy atom. The van der Waals surface area contributed by atoms with E-state index in [0.29, 0.717) is 34.5 Å². The molecule has 0 spiro atoms. The maximum absolute atomic E-state index is 9.13. The van der Waals surface area contributed by atoms with Gasteiger partial charge in [-0.15, -0.1) is 0 Å². The van der Waals surface area contributed by atoms with Crippen molar-refractivity contribution in [1.29, 1.82) is 0 Å². The number of ether oxygens (including phenoxy) is 6. The SMILES string of the molecule is COc1cc([C@H](C)c2cc3c(cc2OCCO)OCO3)cc(OC)c1OC. The first-order chi connectivity index (χ1) is 13.1. The molecule has 146 valence electrons. The summed E-state index contributed by atoms with van der Waals surface area (Å²) in [6, 6.07) is 7.52. The molecule has 1 atom stereocenters. The third-order valence-electron chi connectivity index (χ3n) is 4.51. The molecule has 0 fully saturated rings. The van der Waals surface area contributed by atoms with Gasteiger partial charge in [0.1, 0.15) is 12.4 Å². The summed E-state index contributed by atoms with van der Waals surface area (Å²) < 4.78 is 33.0. The van der Waals surface area contributed by atoms with Gasteiger partial charge in [0, 0.05) is 17.5 Å². The smallest absolute Gasteiger partial charge is 0.231 e. The van der Waals surface area contributed by atoms with Gasteiger partial charge in [0.15, 0.2) is 23.0 Å². The Balaban J connectivity index is 2.06. The Morgan fingerprint density at radius 1 is 0.926 bits per heavy atom. The van der Waals surface area contributed by atoms with Crippen LogP contribution in [-0.4, -0.2) is 46.4 Å². The van der Waals surface area contributed by atoms with Crippen LogP contribution in [0, 0.1) is 0 Å². The average molecular weight is 376 g/mol. The maximum atomic E-state index is 9.13. The summed E-state index contributed by atoms with van der Waals surface area (Å²) in [6.07, 6.45) is 0. The summed E-state index contributed by atoms with van der Waals surface area (Å²) in [5, 5.41) is 9.13. The molecule has 7 nitrogen and oxygen atoms in total. The van der Waals surface area contributed by atoms with Crippen molar-refractivity contribution in [3.63, 3.8) is 0 Å². The maximum Gasteiger partial charge on any atom is 0.231 e. The molecule has 0 saturated heterocycles. The molecule has 1 aliphatic heterocycles. The highest BCUT2D eigenvalue weighted by Gasteiger charge is 2.24. The van der Waals surface area contributed by atoms with Gasteiger partial charge in [-0.2, -0.15) is 0 Å². The van der Waals surface area contributed by atoms with E-state index in [9.17, 15) is 0 Å². The standard InChI is InChI=1S/C20H24O7/c1-12(13-7-18(22-2)20(24-4)19(8-13)23-3)14-9-16-17(27-11-26-16)10-15(14)25-6-5-21/h7-10,12,21H,5-6,11H2,1-4H3/t12-/m0/s1. The van der Waals surface area contributed by atoms with Crippen LogP contribution in [0.25, 0.3) is 0 Å². The van der Waals surface area contributed by atoms with Crippen LogP contribution in [0.4, 0.5) is 0 Å². The zero-order valence-corrected chi connectivity index (χ0v) is 15.9. The van der Waals surface area contributed by atoms with E-state index in [0.717, 1.165) is 11.1 Å². The number of hydrogen-bond acceptors (Lipinski definition) is 7. The van der Waals surface area contributed by atoms with Crippen LogP contribution in [0.1, 0.15) is 24.0 Å². The van der Waals surface area contributed by atoms with Crippen molar-refractivity contribution in [2.75, 3.05) is 41.3 Å². The van der Waals surface area contributed by atoms with E-state index in [1.54, 1.807) is 27.4 Å². The minimum absolute atomic E-state index is 0.0677. The predicted octanol–water partition coefficient (Wildman–Crippen LogP) is 2.96. The monoisotopic (exact) mass is 376 g/mol. The van der Waals surface area contributed by atoms with E-state index in [-0.39, 0.29) is 25.9 Å². The van der Waals surface area contributed by atoms with Gasteiger partial charge in [0.25, 0.3) is 0 Å². The lowest BCUT2D eigenvalue weighted by Gasteiger charge is -2.20. The molecule has 0 aliphatic carbocycles. The molecule has 1 N–H and O–H groups in total. The highest BCUT2D eigenvalue weighted by molar-refractivity contribution is 5.58. The van der Waals surface area contributed by atoms with E-state index in [1.807, 2.05) is 25.1 Å². The molecule has 0 unspecified atom stereocenters. The largest absolute Gasteiger partial charge is 0.493 e. The third kappa shape index (κ3) is 3.68. The van der Waals surface area contributed by atoms with Crippen molar-refractivity contribution in [3.05, 3.63) is 35.4 Å². The normalized spacial score (nSPS) is 13.2. The summed E-state index contributed by atoms with van der Waals surface area (Å²) in [4.78, 5) is 0. The van der Waals surface area contributed by atoms with Crippen LogP contribution in [0.3, 0.4) is 0 Å². The van der Waals surface area contributed by atoms with Crippen molar-refractivity contribution >= 4 is 0 Å². The fraction of sp³-hybridized carbons (Fsp3) is 0.400. The molecular formula is C20H24O7. The van der Waals surface area contributed by atoms with Crippen LogP contribution in [0.15, 0.2) is 24.3 Å². The fourth-order valence-electron chi connectivity index (χ4n) is 3.09. The number of rotatable bonds is 8. The van der Waals surface area contributed by atoms with Gasteiger partial charge in [0.05, 0.1) is 27.9 Å². The lowest BCUT2D eigenvalue weighted by atomic mass is 9.91. The summed E-state index contributed by atoms with van der Waals surface area (Å²) in [6.45, 7) is 2.34. The van der Waals surface area contributed by atoms with Crippen molar-refractivity contribution in [3.8, 4) is 34.5 Å². The number of hydrogen-bond donors (Lipinski definition) is 1. The first-order valence-corrected chi connectivity index (χ1v) is 8.60. The van der Waals surface area contributed by atoms with Gasteiger partial charge in [-0.1, -0.05) is 6.92 Å². The van der Waals surface area contributed by atoms with E-state index in [2.05, 4.69) is 0 Å². The van der Waals surface area contributed by atoms with E-state index >= 15 is 0 Å². The lowest BCUT2D eigenvalue weighted by Crippen LogP contribution is -2.07. The van der Waals surface area contributed by atoms with Gasteiger partial charge in [-0.05, 0) is 23.8 Å². The molecule has 7 heteroatoms. The van der Waals surface area contributed by atoms with Crippen molar-refractivity contribution in [2.24, 2.45) is 0 Å². The van der Waals surface area contributed by atoms with Crippen LogP contribution in [0.5, 0.6) is 34.5 Å². The van der Waals surface area contributed by atoms with Crippen molar-refractivity contribution in [2.45, 2.75) is 12.8 Å².